The molecule has 1 aromatic carbocycles. The van der Waals surface area contributed by atoms with Crippen LogP contribution in [0.15, 0.2) is 27.6 Å². The SMILES string of the molecule is CC(C)(O)CS(=O)(=O)c1ccc(Br)cc1[N+](=O)[O-]. The van der Waals surface area contributed by atoms with E-state index < -0.39 is 36.7 Å². The van der Waals surface area contributed by atoms with Crippen molar-refractivity contribution in [2.75, 3.05) is 5.75 Å². The third-order valence-electron chi connectivity index (χ3n) is 2.00. The van der Waals surface area contributed by atoms with Gasteiger partial charge in [0.1, 0.15) is 4.90 Å². The second-order valence-corrected chi connectivity index (χ2v) is 7.31. The van der Waals surface area contributed by atoms with Crippen molar-refractivity contribution in [3.8, 4) is 0 Å². The molecule has 1 N–H and O–H groups in total. The van der Waals surface area contributed by atoms with Crippen LogP contribution in [-0.4, -0.2) is 29.8 Å². The molecule has 0 bridgehead atoms. The van der Waals surface area contributed by atoms with E-state index in [1.54, 1.807) is 0 Å². The first-order valence-electron chi connectivity index (χ1n) is 4.92. The summed E-state index contributed by atoms with van der Waals surface area (Å²) in [6, 6.07) is 3.69. The molecule has 0 fully saturated rings. The van der Waals surface area contributed by atoms with Gasteiger partial charge in [-0.1, -0.05) is 15.9 Å². The molecule has 0 saturated heterocycles. The van der Waals surface area contributed by atoms with Crippen molar-refractivity contribution in [2.24, 2.45) is 0 Å². The fourth-order valence-electron chi connectivity index (χ4n) is 1.44. The van der Waals surface area contributed by atoms with Gasteiger partial charge in [0, 0.05) is 10.5 Å². The highest BCUT2D eigenvalue weighted by Gasteiger charge is 2.31. The number of hydrogen-bond acceptors (Lipinski definition) is 5. The Hall–Kier alpha value is -0.990. The number of nitro benzene ring substituents is 1. The molecule has 0 heterocycles. The van der Waals surface area contributed by atoms with Crippen molar-refractivity contribution >= 4 is 31.5 Å². The molecule has 18 heavy (non-hydrogen) atoms. The standard InChI is InChI=1S/C10H12BrNO5S/c1-10(2,13)6-18(16,17)9-4-3-7(11)5-8(9)12(14)15/h3-5,13H,6H2,1-2H3. The van der Waals surface area contributed by atoms with Crippen molar-refractivity contribution in [3.63, 3.8) is 0 Å². The van der Waals surface area contributed by atoms with E-state index in [0.29, 0.717) is 4.47 Å². The Morgan fingerprint density at radius 3 is 2.44 bits per heavy atom. The van der Waals surface area contributed by atoms with Gasteiger partial charge < -0.3 is 5.11 Å². The maximum Gasteiger partial charge on any atom is 0.289 e. The molecule has 8 heteroatoms. The first-order valence-corrected chi connectivity index (χ1v) is 7.36. The van der Waals surface area contributed by atoms with Crippen molar-refractivity contribution < 1.29 is 18.4 Å². The smallest absolute Gasteiger partial charge is 0.289 e. The third kappa shape index (κ3) is 3.76. The summed E-state index contributed by atoms with van der Waals surface area (Å²) in [6.45, 7) is 2.66. The fourth-order valence-corrected chi connectivity index (χ4v) is 3.60. The molecule has 0 spiro atoms. The van der Waals surface area contributed by atoms with E-state index in [9.17, 15) is 23.6 Å². The molecule has 0 aliphatic heterocycles. The van der Waals surface area contributed by atoms with Crippen molar-refractivity contribution in [1.82, 2.24) is 0 Å². The summed E-state index contributed by atoms with van der Waals surface area (Å²) in [7, 11) is -3.92. The molecule has 0 radical (unpaired) electrons. The minimum Gasteiger partial charge on any atom is -0.389 e. The van der Waals surface area contributed by atoms with Crippen LogP contribution in [0.3, 0.4) is 0 Å². The number of halogens is 1. The second-order valence-electron chi connectivity index (χ2n) is 4.44. The molecule has 1 aromatic rings. The lowest BCUT2D eigenvalue weighted by molar-refractivity contribution is -0.387. The zero-order valence-electron chi connectivity index (χ0n) is 9.75. The summed E-state index contributed by atoms with van der Waals surface area (Å²) in [4.78, 5) is 9.69. The summed E-state index contributed by atoms with van der Waals surface area (Å²) in [5.41, 5.74) is -1.96. The number of hydrogen-bond donors (Lipinski definition) is 1. The van der Waals surface area contributed by atoms with Gasteiger partial charge in [0.15, 0.2) is 9.84 Å². The molecular formula is C10H12BrNO5S. The maximum absolute atomic E-state index is 12.0. The van der Waals surface area contributed by atoms with E-state index in [1.807, 2.05) is 0 Å². The summed E-state index contributed by atoms with van der Waals surface area (Å²) >= 11 is 3.04. The number of rotatable bonds is 4. The van der Waals surface area contributed by atoms with Gasteiger partial charge in [-0.2, -0.15) is 0 Å². The monoisotopic (exact) mass is 337 g/mol. The quantitative estimate of drug-likeness (QED) is 0.668. The highest BCUT2D eigenvalue weighted by atomic mass is 79.9. The van der Waals surface area contributed by atoms with Crippen LogP contribution in [0.4, 0.5) is 5.69 Å². The van der Waals surface area contributed by atoms with E-state index in [2.05, 4.69) is 15.9 Å². The van der Waals surface area contributed by atoms with Crippen LogP contribution in [0.1, 0.15) is 13.8 Å². The molecule has 6 nitrogen and oxygen atoms in total. The molecule has 0 atom stereocenters. The van der Waals surface area contributed by atoms with Crippen LogP contribution in [-0.2, 0) is 9.84 Å². The molecule has 0 amide bonds. The van der Waals surface area contributed by atoms with Crippen molar-refractivity contribution in [2.45, 2.75) is 24.3 Å². The predicted octanol–water partition coefficient (Wildman–Crippen LogP) is 1.90. The molecule has 0 saturated carbocycles. The van der Waals surface area contributed by atoms with Gasteiger partial charge in [-0.25, -0.2) is 8.42 Å². The predicted molar refractivity (Wildman–Crippen MR) is 69.1 cm³/mol. The lowest BCUT2D eigenvalue weighted by atomic mass is 10.2. The number of nitro groups is 1. The van der Waals surface area contributed by atoms with E-state index in [0.717, 1.165) is 12.1 Å². The molecule has 100 valence electrons. The lowest BCUT2D eigenvalue weighted by Gasteiger charge is -2.16. The Morgan fingerprint density at radius 2 is 2.00 bits per heavy atom. The highest BCUT2D eigenvalue weighted by Crippen LogP contribution is 2.29. The van der Waals surface area contributed by atoms with E-state index in [4.69, 9.17) is 0 Å². The van der Waals surface area contributed by atoms with Crippen LogP contribution in [0, 0.1) is 10.1 Å². The summed E-state index contributed by atoms with van der Waals surface area (Å²) < 4.78 is 24.4. The number of nitrogens with zero attached hydrogens (tertiary/aromatic N) is 1. The summed E-state index contributed by atoms with van der Waals surface area (Å²) in [5.74, 6) is -0.581. The number of benzene rings is 1. The molecule has 0 unspecified atom stereocenters. The molecule has 0 aliphatic carbocycles. The molecule has 0 aromatic heterocycles. The van der Waals surface area contributed by atoms with Gasteiger partial charge in [0.05, 0.1) is 16.3 Å². The Kier molecular flexibility index (Phi) is 4.14. The van der Waals surface area contributed by atoms with Crippen LogP contribution < -0.4 is 0 Å². The average molecular weight is 338 g/mol. The minimum absolute atomic E-state index is 0.391. The average Bonchev–Trinajstić information content (AvgIpc) is 2.12. The first-order chi connectivity index (χ1) is 8.03. The van der Waals surface area contributed by atoms with Gasteiger partial charge in [0.2, 0.25) is 0 Å². The number of sulfone groups is 1. The van der Waals surface area contributed by atoms with Crippen molar-refractivity contribution in [3.05, 3.63) is 32.8 Å². The second kappa shape index (κ2) is 4.94. The van der Waals surface area contributed by atoms with Crippen molar-refractivity contribution in [1.29, 1.82) is 0 Å². The first kappa shape index (κ1) is 15.1. The van der Waals surface area contributed by atoms with Crippen LogP contribution in [0.5, 0.6) is 0 Å². The Balaban J connectivity index is 3.37. The minimum atomic E-state index is -3.92. The molecular weight excluding hydrogens is 326 g/mol. The van der Waals surface area contributed by atoms with E-state index in [1.165, 1.54) is 19.9 Å². The Bertz CT molecular complexity index is 576. The van der Waals surface area contributed by atoms with E-state index >= 15 is 0 Å². The third-order valence-corrected chi connectivity index (χ3v) is 4.59. The maximum atomic E-state index is 12.0. The van der Waals surface area contributed by atoms with E-state index in [-0.39, 0.29) is 0 Å². The number of aliphatic hydroxyl groups is 1. The van der Waals surface area contributed by atoms with Gasteiger partial charge in [0.25, 0.3) is 5.69 Å². The highest BCUT2D eigenvalue weighted by molar-refractivity contribution is 9.10. The largest absolute Gasteiger partial charge is 0.389 e. The molecule has 1 rings (SSSR count). The zero-order valence-corrected chi connectivity index (χ0v) is 12.2. The Morgan fingerprint density at radius 1 is 1.44 bits per heavy atom. The lowest BCUT2D eigenvalue weighted by Crippen LogP contribution is -2.30. The van der Waals surface area contributed by atoms with Crippen LogP contribution >= 0.6 is 15.9 Å². The fraction of sp³-hybridized carbons (Fsp3) is 0.400. The Labute approximate surface area is 113 Å². The van der Waals surface area contributed by atoms with Crippen LogP contribution in [0.25, 0.3) is 0 Å². The normalized spacial score (nSPS) is 12.4. The summed E-state index contributed by atoms with van der Waals surface area (Å²) in [5, 5.41) is 20.4. The zero-order chi connectivity index (χ0) is 14.1. The van der Waals surface area contributed by atoms with Gasteiger partial charge in [-0.05, 0) is 26.0 Å². The van der Waals surface area contributed by atoms with Gasteiger partial charge >= 0.3 is 0 Å². The summed E-state index contributed by atoms with van der Waals surface area (Å²) in [6.07, 6.45) is 0. The molecule has 0 aliphatic rings. The van der Waals surface area contributed by atoms with Gasteiger partial charge in [-0.15, -0.1) is 0 Å². The van der Waals surface area contributed by atoms with Gasteiger partial charge in [-0.3, -0.25) is 10.1 Å². The van der Waals surface area contributed by atoms with Crippen LogP contribution in [0.2, 0.25) is 0 Å². The topological polar surface area (TPSA) is 97.5 Å².